The molecule has 0 heterocycles. The third-order valence-corrected chi connectivity index (χ3v) is 3.68. The number of halogens is 1. The quantitative estimate of drug-likeness (QED) is 0.473. The number of hydrogen-bond acceptors (Lipinski definition) is 2. The summed E-state index contributed by atoms with van der Waals surface area (Å²) < 4.78 is 0. The standard InChI is InChI=1S/C20H27ClN2O2/c1-5-6-7-8-9-10-11-18(24)23(20(2,3)4)22-19(25)16-12-14-17(21)15-13-16/h12-15H,5-6,9-11H2,1-4H3,(H,22,25). The van der Waals surface area contributed by atoms with Crippen LogP contribution >= 0.6 is 11.6 Å². The van der Waals surface area contributed by atoms with E-state index in [2.05, 4.69) is 24.2 Å². The SMILES string of the molecule is CCCC#CCCCC(=O)N(NC(=O)c1ccc(Cl)cc1)C(C)(C)C. The van der Waals surface area contributed by atoms with Crippen LogP contribution in [0.2, 0.25) is 5.02 Å². The van der Waals surface area contributed by atoms with Gasteiger partial charge in [0.25, 0.3) is 5.91 Å². The van der Waals surface area contributed by atoms with Gasteiger partial charge in [-0.3, -0.25) is 15.0 Å². The highest BCUT2D eigenvalue weighted by atomic mass is 35.5. The van der Waals surface area contributed by atoms with E-state index in [9.17, 15) is 9.59 Å². The summed E-state index contributed by atoms with van der Waals surface area (Å²) in [6.45, 7) is 7.74. The van der Waals surface area contributed by atoms with E-state index >= 15 is 0 Å². The molecule has 0 radical (unpaired) electrons. The van der Waals surface area contributed by atoms with Crippen molar-refractivity contribution in [3.63, 3.8) is 0 Å². The van der Waals surface area contributed by atoms with Gasteiger partial charge in [0.15, 0.2) is 0 Å². The van der Waals surface area contributed by atoms with E-state index < -0.39 is 5.54 Å². The largest absolute Gasteiger partial charge is 0.273 e. The minimum atomic E-state index is -0.521. The molecule has 5 heteroatoms. The van der Waals surface area contributed by atoms with Crippen molar-refractivity contribution in [2.45, 2.75) is 65.3 Å². The number of unbranched alkanes of at least 4 members (excludes halogenated alkanes) is 2. The number of hydrazine groups is 1. The van der Waals surface area contributed by atoms with Crippen molar-refractivity contribution in [2.24, 2.45) is 0 Å². The van der Waals surface area contributed by atoms with Gasteiger partial charge >= 0.3 is 0 Å². The van der Waals surface area contributed by atoms with Crippen molar-refractivity contribution in [2.75, 3.05) is 0 Å². The van der Waals surface area contributed by atoms with Gasteiger partial charge in [-0.25, -0.2) is 5.01 Å². The van der Waals surface area contributed by atoms with Gasteiger partial charge < -0.3 is 0 Å². The van der Waals surface area contributed by atoms with Gasteiger partial charge in [0.2, 0.25) is 5.91 Å². The van der Waals surface area contributed by atoms with Crippen LogP contribution in [0.15, 0.2) is 24.3 Å². The molecule has 0 atom stereocenters. The molecule has 4 nitrogen and oxygen atoms in total. The monoisotopic (exact) mass is 362 g/mol. The maximum absolute atomic E-state index is 12.5. The van der Waals surface area contributed by atoms with Crippen LogP contribution < -0.4 is 5.43 Å². The normalized spacial score (nSPS) is 10.6. The number of carbonyl (C=O) groups is 2. The molecule has 2 amide bonds. The molecule has 1 aromatic rings. The Morgan fingerprint density at radius 2 is 1.72 bits per heavy atom. The summed E-state index contributed by atoms with van der Waals surface area (Å²) in [5.74, 6) is 5.69. The molecule has 0 aliphatic carbocycles. The molecule has 0 fully saturated rings. The molecule has 0 aliphatic rings. The van der Waals surface area contributed by atoms with E-state index in [4.69, 9.17) is 11.6 Å². The van der Waals surface area contributed by atoms with Crippen LogP contribution in [-0.2, 0) is 4.79 Å². The molecule has 0 saturated heterocycles. The zero-order valence-corrected chi connectivity index (χ0v) is 16.2. The van der Waals surface area contributed by atoms with Crippen molar-refractivity contribution in [1.29, 1.82) is 0 Å². The molecule has 0 aliphatic heterocycles. The highest BCUT2D eigenvalue weighted by molar-refractivity contribution is 6.30. The lowest BCUT2D eigenvalue weighted by atomic mass is 10.1. The van der Waals surface area contributed by atoms with Gasteiger partial charge in [-0.15, -0.1) is 11.8 Å². The van der Waals surface area contributed by atoms with Gasteiger partial charge in [0.1, 0.15) is 0 Å². The number of amides is 2. The number of carbonyl (C=O) groups excluding carboxylic acids is 2. The number of nitrogens with zero attached hydrogens (tertiary/aromatic N) is 1. The minimum Gasteiger partial charge on any atom is -0.273 e. The van der Waals surface area contributed by atoms with Gasteiger partial charge in [-0.05, 0) is 57.9 Å². The molecule has 0 saturated carbocycles. The van der Waals surface area contributed by atoms with Crippen molar-refractivity contribution in [3.05, 3.63) is 34.9 Å². The van der Waals surface area contributed by atoms with E-state index in [0.717, 1.165) is 12.8 Å². The smallest absolute Gasteiger partial charge is 0.269 e. The van der Waals surface area contributed by atoms with Crippen molar-refractivity contribution in [3.8, 4) is 11.8 Å². The number of benzene rings is 1. The van der Waals surface area contributed by atoms with Crippen LogP contribution in [0.25, 0.3) is 0 Å². The minimum absolute atomic E-state index is 0.118. The molecule has 0 bridgehead atoms. The molecule has 1 N–H and O–H groups in total. The Bertz CT molecular complexity index is 636. The highest BCUT2D eigenvalue weighted by Gasteiger charge is 2.28. The van der Waals surface area contributed by atoms with Gasteiger partial charge in [0, 0.05) is 29.8 Å². The molecule has 0 unspecified atom stereocenters. The zero-order valence-electron chi connectivity index (χ0n) is 15.5. The van der Waals surface area contributed by atoms with E-state index in [-0.39, 0.29) is 11.8 Å². The van der Waals surface area contributed by atoms with Crippen molar-refractivity contribution in [1.82, 2.24) is 10.4 Å². The van der Waals surface area contributed by atoms with Crippen LogP contribution in [0.1, 0.15) is 70.2 Å². The number of hydrogen-bond donors (Lipinski definition) is 1. The summed E-state index contributed by atoms with van der Waals surface area (Å²) in [7, 11) is 0. The molecule has 0 aromatic heterocycles. The fourth-order valence-electron chi connectivity index (χ4n) is 2.11. The summed E-state index contributed by atoms with van der Waals surface area (Å²) in [6, 6.07) is 6.56. The Labute approximate surface area is 155 Å². The summed E-state index contributed by atoms with van der Waals surface area (Å²) in [5, 5.41) is 1.97. The topological polar surface area (TPSA) is 49.4 Å². The number of nitrogens with one attached hydrogen (secondary N) is 1. The Morgan fingerprint density at radius 1 is 1.12 bits per heavy atom. The highest BCUT2D eigenvalue weighted by Crippen LogP contribution is 2.15. The van der Waals surface area contributed by atoms with Crippen LogP contribution in [0.5, 0.6) is 0 Å². The van der Waals surface area contributed by atoms with E-state index in [1.165, 1.54) is 5.01 Å². The van der Waals surface area contributed by atoms with Gasteiger partial charge in [0.05, 0.1) is 5.54 Å². The Balaban J connectivity index is 2.68. The first-order chi connectivity index (χ1) is 11.8. The Hall–Kier alpha value is -1.99. The average Bonchev–Trinajstić information content (AvgIpc) is 2.55. The third-order valence-electron chi connectivity index (χ3n) is 3.43. The summed E-state index contributed by atoms with van der Waals surface area (Å²) in [6.07, 6.45) is 3.65. The van der Waals surface area contributed by atoms with Crippen molar-refractivity contribution < 1.29 is 9.59 Å². The van der Waals surface area contributed by atoms with Crippen LogP contribution in [-0.4, -0.2) is 22.4 Å². The van der Waals surface area contributed by atoms with E-state index in [1.807, 2.05) is 20.8 Å². The van der Waals surface area contributed by atoms with Crippen LogP contribution in [0.3, 0.4) is 0 Å². The molecule has 0 spiro atoms. The molecule has 136 valence electrons. The fraction of sp³-hybridized carbons (Fsp3) is 0.500. The number of rotatable bonds is 5. The summed E-state index contributed by atoms with van der Waals surface area (Å²) >= 11 is 5.84. The fourth-order valence-corrected chi connectivity index (χ4v) is 2.24. The second-order valence-electron chi connectivity index (χ2n) is 6.80. The Kier molecular flexibility index (Phi) is 8.51. The lowest BCUT2D eigenvalue weighted by molar-refractivity contribution is -0.139. The first-order valence-electron chi connectivity index (χ1n) is 8.61. The van der Waals surface area contributed by atoms with Crippen LogP contribution in [0.4, 0.5) is 0 Å². The predicted octanol–water partition coefficient (Wildman–Crippen LogP) is 4.59. The van der Waals surface area contributed by atoms with E-state index in [1.54, 1.807) is 24.3 Å². The first kappa shape index (κ1) is 21.1. The molecule has 1 rings (SSSR count). The van der Waals surface area contributed by atoms with Crippen molar-refractivity contribution >= 4 is 23.4 Å². The average molecular weight is 363 g/mol. The maximum Gasteiger partial charge on any atom is 0.269 e. The second kappa shape index (κ2) is 10.1. The summed E-state index contributed by atoms with van der Waals surface area (Å²) in [4.78, 5) is 24.9. The predicted molar refractivity (Wildman–Crippen MR) is 102 cm³/mol. The molecule has 25 heavy (non-hydrogen) atoms. The van der Waals surface area contributed by atoms with Gasteiger partial charge in [-0.2, -0.15) is 0 Å². The lowest BCUT2D eigenvalue weighted by Crippen LogP contribution is -2.55. The molecule has 1 aromatic carbocycles. The van der Waals surface area contributed by atoms with E-state index in [0.29, 0.717) is 29.8 Å². The molecular weight excluding hydrogens is 336 g/mol. The molecular formula is C20H27ClN2O2. The Morgan fingerprint density at radius 3 is 2.28 bits per heavy atom. The van der Waals surface area contributed by atoms with Crippen LogP contribution in [0, 0.1) is 11.8 Å². The maximum atomic E-state index is 12.5. The van der Waals surface area contributed by atoms with Gasteiger partial charge in [-0.1, -0.05) is 18.5 Å². The zero-order chi connectivity index (χ0) is 18.9. The second-order valence-corrected chi connectivity index (χ2v) is 7.24. The summed E-state index contributed by atoms with van der Waals surface area (Å²) in [5.41, 5.74) is 2.65. The third kappa shape index (κ3) is 7.62. The lowest BCUT2D eigenvalue weighted by Gasteiger charge is -2.35. The first-order valence-corrected chi connectivity index (χ1v) is 8.99.